The molecule has 1 nitrogen and oxygen atoms in total. The van der Waals surface area contributed by atoms with E-state index in [1.807, 2.05) is 36.4 Å². The number of rotatable bonds is 1. The Hall–Kier alpha value is -1.47. The van der Waals surface area contributed by atoms with Gasteiger partial charge in [-0.3, -0.25) is 0 Å². The smallest absolute Gasteiger partial charge is 0.0485 e. The van der Waals surface area contributed by atoms with E-state index in [0.29, 0.717) is 10.7 Å². The van der Waals surface area contributed by atoms with E-state index in [1.165, 1.54) is 0 Å². The number of para-hydroxylation sites is 1. The van der Waals surface area contributed by atoms with Gasteiger partial charge < -0.3 is 5.73 Å². The van der Waals surface area contributed by atoms with Gasteiger partial charge in [0.1, 0.15) is 0 Å². The van der Waals surface area contributed by atoms with E-state index >= 15 is 0 Å². The average molecular weight is 203 g/mol. The summed E-state index contributed by atoms with van der Waals surface area (Å²) in [4.78, 5) is 0. The number of halogens is 1. The Morgan fingerprint density at radius 3 is 2.43 bits per heavy atom. The lowest BCUT2D eigenvalue weighted by Crippen LogP contribution is -1.89. The highest BCUT2D eigenvalue weighted by Gasteiger charge is 2.04. The predicted molar refractivity (Wildman–Crippen MR) is 60.1 cm³/mol. The van der Waals surface area contributed by atoms with Crippen LogP contribution >= 0.6 is 11.6 Å². The third-order valence-electron chi connectivity index (χ3n) is 2.05. The summed E-state index contributed by atoms with van der Waals surface area (Å²) in [5, 5.41) is 0.707. The quantitative estimate of drug-likeness (QED) is 0.705. The van der Waals surface area contributed by atoms with Gasteiger partial charge in [-0.05, 0) is 6.07 Å². The van der Waals surface area contributed by atoms with Crippen LogP contribution in [0.3, 0.4) is 0 Å². The number of anilines is 1. The first-order chi connectivity index (χ1) is 6.79. The topological polar surface area (TPSA) is 26.0 Å². The largest absolute Gasteiger partial charge is 0.398 e. The van der Waals surface area contributed by atoms with Gasteiger partial charge in [0.15, 0.2) is 0 Å². The fraction of sp³-hybridized carbons (Fsp3) is 0. The first-order valence-corrected chi connectivity index (χ1v) is 4.68. The third-order valence-corrected chi connectivity index (χ3v) is 2.38. The van der Waals surface area contributed by atoms with Crippen molar-refractivity contribution in [2.75, 3.05) is 5.73 Å². The molecule has 2 aromatic rings. The zero-order valence-corrected chi connectivity index (χ0v) is 8.25. The molecular formula is C12H9ClN. The molecule has 2 aromatic carbocycles. The van der Waals surface area contributed by atoms with Crippen molar-refractivity contribution in [3.63, 3.8) is 0 Å². The first kappa shape index (κ1) is 9.10. The van der Waals surface area contributed by atoms with Crippen LogP contribution in [-0.2, 0) is 0 Å². The number of nitrogen functional groups attached to an aromatic ring is 1. The summed E-state index contributed by atoms with van der Waals surface area (Å²) < 4.78 is 0. The number of benzene rings is 2. The van der Waals surface area contributed by atoms with Gasteiger partial charge in [-0.15, -0.1) is 0 Å². The van der Waals surface area contributed by atoms with E-state index in [2.05, 4.69) is 6.07 Å². The Morgan fingerprint density at radius 2 is 1.71 bits per heavy atom. The molecule has 0 unspecified atom stereocenters. The van der Waals surface area contributed by atoms with E-state index < -0.39 is 0 Å². The second-order valence-electron chi connectivity index (χ2n) is 2.98. The number of hydrogen-bond acceptors (Lipinski definition) is 1. The molecule has 0 atom stereocenters. The second kappa shape index (κ2) is 3.72. The van der Waals surface area contributed by atoms with Crippen molar-refractivity contribution < 1.29 is 0 Å². The fourth-order valence-corrected chi connectivity index (χ4v) is 1.60. The van der Waals surface area contributed by atoms with Crippen LogP contribution in [0.15, 0.2) is 42.5 Å². The predicted octanol–water partition coefficient (Wildman–Crippen LogP) is 3.39. The minimum Gasteiger partial charge on any atom is -0.398 e. The minimum absolute atomic E-state index is 0.626. The van der Waals surface area contributed by atoms with Gasteiger partial charge in [-0.2, -0.15) is 0 Å². The zero-order chi connectivity index (χ0) is 9.97. The average Bonchev–Trinajstić information content (AvgIpc) is 2.20. The minimum atomic E-state index is 0.626. The Bertz CT molecular complexity index is 408. The highest BCUT2D eigenvalue weighted by atomic mass is 35.5. The van der Waals surface area contributed by atoms with Crippen molar-refractivity contribution in [3.8, 4) is 11.1 Å². The molecule has 0 spiro atoms. The lowest BCUT2D eigenvalue weighted by Gasteiger charge is -2.06. The van der Waals surface area contributed by atoms with Crippen LogP contribution < -0.4 is 5.73 Å². The van der Waals surface area contributed by atoms with Crippen LogP contribution in [-0.4, -0.2) is 0 Å². The summed E-state index contributed by atoms with van der Waals surface area (Å²) in [6.45, 7) is 0. The maximum absolute atomic E-state index is 6.06. The highest BCUT2D eigenvalue weighted by Crippen LogP contribution is 2.30. The maximum Gasteiger partial charge on any atom is 0.0485 e. The van der Waals surface area contributed by atoms with Crippen LogP contribution in [0.5, 0.6) is 0 Å². The van der Waals surface area contributed by atoms with Crippen LogP contribution in [0.2, 0.25) is 5.02 Å². The summed E-state index contributed by atoms with van der Waals surface area (Å²) >= 11 is 6.06. The van der Waals surface area contributed by atoms with Crippen molar-refractivity contribution in [1.82, 2.24) is 0 Å². The number of nitrogens with two attached hydrogens (primary N) is 1. The molecule has 69 valence electrons. The SMILES string of the molecule is Nc1[c]cccc1-c1ccccc1Cl. The normalized spacial score (nSPS) is 10.1. The molecule has 2 rings (SSSR count). The molecular weight excluding hydrogens is 194 g/mol. The third kappa shape index (κ3) is 1.59. The Balaban J connectivity index is 2.61. The first-order valence-electron chi connectivity index (χ1n) is 4.30. The fourth-order valence-electron chi connectivity index (χ4n) is 1.36. The lowest BCUT2D eigenvalue weighted by atomic mass is 10.0. The van der Waals surface area contributed by atoms with Gasteiger partial charge in [0.05, 0.1) is 0 Å². The molecule has 1 radical (unpaired) electrons. The van der Waals surface area contributed by atoms with E-state index in [4.69, 9.17) is 17.3 Å². The van der Waals surface area contributed by atoms with Crippen molar-refractivity contribution in [2.45, 2.75) is 0 Å². The van der Waals surface area contributed by atoms with Gasteiger partial charge in [0.2, 0.25) is 0 Å². The molecule has 2 N–H and O–H groups in total. The molecule has 0 heterocycles. The van der Waals surface area contributed by atoms with Crippen molar-refractivity contribution in [3.05, 3.63) is 53.6 Å². The molecule has 0 bridgehead atoms. The second-order valence-corrected chi connectivity index (χ2v) is 3.38. The summed E-state index contributed by atoms with van der Waals surface area (Å²) in [7, 11) is 0. The molecule has 0 amide bonds. The van der Waals surface area contributed by atoms with Crippen LogP contribution in [0, 0.1) is 6.07 Å². The monoisotopic (exact) mass is 202 g/mol. The molecule has 0 aliphatic rings. The summed E-state index contributed by atoms with van der Waals surface area (Å²) in [5.74, 6) is 0. The van der Waals surface area contributed by atoms with E-state index in [9.17, 15) is 0 Å². The molecule has 0 fully saturated rings. The van der Waals surface area contributed by atoms with E-state index in [0.717, 1.165) is 11.1 Å². The standard InChI is InChI=1S/C12H9ClN/c13-11-7-3-1-5-9(11)10-6-2-4-8-12(10)14/h1-7H,14H2. The molecule has 0 saturated carbocycles. The lowest BCUT2D eigenvalue weighted by molar-refractivity contribution is 1.60. The van der Waals surface area contributed by atoms with E-state index in [1.54, 1.807) is 6.07 Å². The molecule has 14 heavy (non-hydrogen) atoms. The van der Waals surface area contributed by atoms with Crippen molar-refractivity contribution in [2.24, 2.45) is 0 Å². The molecule has 0 aliphatic carbocycles. The summed E-state index contributed by atoms with van der Waals surface area (Å²) in [5.41, 5.74) is 8.31. The summed E-state index contributed by atoms with van der Waals surface area (Å²) in [6, 6.07) is 16.2. The molecule has 2 heteroatoms. The Morgan fingerprint density at radius 1 is 1.00 bits per heavy atom. The number of hydrogen-bond donors (Lipinski definition) is 1. The van der Waals surface area contributed by atoms with Gasteiger partial charge in [-0.25, -0.2) is 0 Å². The van der Waals surface area contributed by atoms with Crippen LogP contribution in [0.1, 0.15) is 0 Å². The van der Waals surface area contributed by atoms with Crippen molar-refractivity contribution >= 4 is 17.3 Å². The van der Waals surface area contributed by atoms with Crippen LogP contribution in [0.4, 0.5) is 5.69 Å². The molecule has 0 saturated heterocycles. The Labute approximate surface area is 88.1 Å². The van der Waals surface area contributed by atoms with Crippen LogP contribution in [0.25, 0.3) is 11.1 Å². The van der Waals surface area contributed by atoms with Gasteiger partial charge in [-0.1, -0.05) is 48.0 Å². The maximum atomic E-state index is 6.06. The van der Waals surface area contributed by atoms with E-state index in [-0.39, 0.29) is 0 Å². The molecule has 0 aliphatic heterocycles. The molecule has 0 aromatic heterocycles. The van der Waals surface area contributed by atoms with Gasteiger partial charge in [0.25, 0.3) is 0 Å². The highest BCUT2D eigenvalue weighted by molar-refractivity contribution is 6.33. The van der Waals surface area contributed by atoms with Gasteiger partial charge >= 0.3 is 0 Å². The van der Waals surface area contributed by atoms with Crippen molar-refractivity contribution in [1.29, 1.82) is 0 Å². The zero-order valence-electron chi connectivity index (χ0n) is 7.50. The van der Waals surface area contributed by atoms with Gasteiger partial charge in [0, 0.05) is 27.9 Å². The Kier molecular flexibility index (Phi) is 2.42. The summed E-state index contributed by atoms with van der Waals surface area (Å²) in [6.07, 6.45) is 0.